The number of H-pyrrole nitrogens is 1. The molecule has 2 rings (SSSR count). The van der Waals surface area contributed by atoms with Crippen molar-refractivity contribution in [1.82, 2.24) is 9.55 Å². The number of ether oxygens (including phenoxy) is 1. The molecule has 0 saturated carbocycles. The third kappa shape index (κ3) is 2.07. The van der Waals surface area contributed by atoms with E-state index >= 15 is 0 Å². The number of nitrogens with one attached hydrogen (secondary N) is 1. The molecule has 0 atom stereocenters. The van der Waals surface area contributed by atoms with Crippen LogP contribution in [0.3, 0.4) is 0 Å². The van der Waals surface area contributed by atoms with Crippen LogP contribution >= 0.6 is 0 Å². The minimum Gasteiger partial charge on any atom is -0.488 e. The van der Waals surface area contributed by atoms with Gasteiger partial charge in [0.2, 0.25) is 0 Å². The molecule has 0 aliphatic heterocycles. The van der Waals surface area contributed by atoms with Crippen molar-refractivity contribution in [1.29, 1.82) is 10.5 Å². The Kier molecular flexibility index (Phi) is 3.07. The van der Waals surface area contributed by atoms with Crippen molar-refractivity contribution in [2.45, 2.75) is 20.0 Å². The largest absolute Gasteiger partial charge is 0.488 e. The Hall–Kier alpha value is -2.66. The number of hydrogen-bond acceptors (Lipinski definition) is 3. The highest BCUT2D eigenvalue weighted by Crippen LogP contribution is 2.24. The van der Waals surface area contributed by atoms with Crippen LogP contribution in [0.2, 0.25) is 0 Å². The van der Waals surface area contributed by atoms with Gasteiger partial charge in [0.25, 0.3) is 0 Å². The lowest BCUT2D eigenvalue weighted by molar-refractivity contribution is 0.242. The number of aromatic nitrogens is 2. The number of aromatic amines is 1. The zero-order valence-electron chi connectivity index (χ0n) is 10.1. The van der Waals surface area contributed by atoms with E-state index in [1.54, 1.807) is 29.4 Å². The number of hydrogen-bond donors (Lipinski definition) is 1. The predicted octanol–water partition coefficient (Wildman–Crippen LogP) is 2.34. The van der Waals surface area contributed by atoms with E-state index in [4.69, 9.17) is 15.3 Å². The molecule has 0 saturated heterocycles. The van der Waals surface area contributed by atoms with E-state index in [1.165, 1.54) is 0 Å². The molecular formula is C13H12N4O. The van der Waals surface area contributed by atoms with E-state index in [0.29, 0.717) is 22.6 Å². The summed E-state index contributed by atoms with van der Waals surface area (Å²) in [6.45, 7) is 3.80. The number of nitriles is 2. The number of nitrogens with zero attached hydrogens (tertiary/aromatic N) is 3. The van der Waals surface area contributed by atoms with Gasteiger partial charge in [-0.2, -0.15) is 10.5 Å². The van der Waals surface area contributed by atoms with Crippen molar-refractivity contribution in [3.63, 3.8) is 0 Å². The van der Waals surface area contributed by atoms with Crippen LogP contribution in [0, 0.1) is 22.7 Å². The highest BCUT2D eigenvalue weighted by molar-refractivity contribution is 5.51. The van der Waals surface area contributed by atoms with E-state index in [0.717, 1.165) is 0 Å². The topological polar surface area (TPSA) is 77.5 Å². The van der Waals surface area contributed by atoms with Gasteiger partial charge in [-0.05, 0) is 13.8 Å². The monoisotopic (exact) mass is 240 g/mol. The third-order valence-electron chi connectivity index (χ3n) is 2.40. The quantitative estimate of drug-likeness (QED) is 0.894. The second-order valence-electron chi connectivity index (χ2n) is 4.09. The molecule has 0 aliphatic rings. The summed E-state index contributed by atoms with van der Waals surface area (Å²) < 4.78 is 7.27. The van der Waals surface area contributed by atoms with Crippen LogP contribution in [0.25, 0.3) is 5.69 Å². The summed E-state index contributed by atoms with van der Waals surface area (Å²) in [5.74, 6) is 0.526. The molecule has 0 fully saturated rings. The van der Waals surface area contributed by atoms with E-state index in [1.807, 2.05) is 13.8 Å². The molecule has 0 bridgehead atoms. The van der Waals surface area contributed by atoms with Gasteiger partial charge < -0.3 is 14.3 Å². The Morgan fingerprint density at radius 1 is 1.17 bits per heavy atom. The Bertz CT molecular complexity index is 637. The summed E-state index contributed by atoms with van der Waals surface area (Å²) in [6.07, 6.45) is 6.68. The van der Waals surface area contributed by atoms with Crippen LogP contribution in [-0.4, -0.2) is 15.7 Å². The molecular weight excluding hydrogens is 228 g/mol. The SMILES string of the molecule is CC(C)Oc1cn(-c2c[nH]cc2C#N)cc1C#N. The second kappa shape index (κ2) is 4.68. The molecule has 18 heavy (non-hydrogen) atoms. The standard InChI is InChI=1S/C13H12N4O/c1-9(2)18-13-8-17(7-11(13)4-15)12-6-16-5-10(12)3-14/h5-9,16H,1-2H3. The summed E-state index contributed by atoms with van der Waals surface area (Å²) >= 11 is 0. The molecule has 2 aromatic rings. The molecule has 5 nitrogen and oxygen atoms in total. The summed E-state index contributed by atoms with van der Waals surface area (Å²) in [7, 11) is 0. The predicted molar refractivity (Wildman–Crippen MR) is 65.3 cm³/mol. The van der Waals surface area contributed by atoms with Crippen molar-refractivity contribution in [3.05, 3.63) is 35.9 Å². The van der Waals surface area contributed by atoms with E-state index in [9.17, 15) is 0 Å². The van der Waals surface area contributed by atoms with Crippen LogP contribution in [0.1, 0.15) is 25.0 Å². The van der Waals surface area contributed by atoms with Crippen LogP contribution in [0.15, 0.2) is 24.8 Å². The first-order chi connectivity index (χ1) is 8.65. The zero-order chi connectivity index (χ0) is 13.1. The highest BCUT2D eigenvalue weighted by atomic mass is 16.5. The van der Waals surface area contributed by atoms with Gasteiger partial charge in [-0.1, -0.05) is 0 Å². The van der Waals surface area contributed by atoms with Gasteiger partial charge in [-0.3, -0.25) is 0 Å². The van der Waals surface area contributed by atoms with Gasteiger partial charge in [0.1, 0.15) is 17.7 Å². The Labute approximate surface area is 105 Å². The molecule has 1 N–H and O–H groups in total. The first-order valence-corrected chi connectivity index (χ1v) is 5.51. The summed E-state index contributed by atoms with van der Waals surface area (Å²) in [6, 6.07) is 4.17. The average molecular weight is 240 g/mol. The Balaban J connectivity index is 2.46. The lowest BCUT2D eigenvalue weighted by Gasteiger charge is -2.07. The summed E-state index contributed by atoms with van der Waals surface area (Å²) in [5.41, 5.74) is 1.67. The molecule has 90 valence electrons. The Morgan fingerprint density at radius 3 is 2.50 bits per heavy atom. The fourth-order valence-corrected chi connectivity index (χ4v) is 1.67. The van der Waals surface area contributed by atoms with Crippen molar-refractivity contribution in [2.75, 3.05) is 0 Å². The lowest BCUT2D eigenvalue weighted by atomic mass is 10.3. The smallest absolute Gasteiger partial charge is 0.155 e. The Morgan fingerprint density at radius 2 is 1.89 bits per heavy atom. The van der Waals surface area contributed by atoms with Crippen molar-refractivity contribution < 1.29 is 4.74 Å². The second-order valence-corrected chi connectivity index (χ2v) is 4.09. The highest BCUT2D eigenvalue weighted by Gasteiger charge is 2.12. The molecule has 2 heterocycles. The molecule has 0 amide bonds. The van der Waals surface area contributed by atoms with Gasteiger partial charge in [0, 0.05) is 18.6 Å². The molecule has 2 aromatic heterocycles. The van der Waals surface area contributed by atoms with Crippen LogP contribution in [0.5, 0.6) is 5.75 Å². The molecule has 0 aromatic carbocycles. The van der Waals surface area contributed by atoms with E-state index in [-0.39, 0.29) is 6.10 Å². The maximum absolute atomic E-state index is 9.05. The zero-order valence-corrected chi connectivity index (χ0v) is 10.1. The minimum absolute atomic E-state index is 0.00499. The average Bonchev–Trinajstić information content (AvgIpc) is 2.93. The van der Waals surface area contributed by atoms with Crippen molar-refractivity contribution >= 4 is 0 Å². The minimum atomic E-state index is -0.00499. The van der Waals surface area contributed by atoms with Crippen molar-refractivity contribution in [3.8, 4) is 23.6 Å². The third-order valence-corrected chi connectivity index (χ3v) is 2.40. The maximum Gasteiger partial charge on any atom is 0.155 e. The molecule has 0 spiro atoms. The van der Waals surface area contributed by atoms with Gasteiger partial charge in [-0.25, -0.2) is 0 Å². The van der Waals surface area contributed by atoms with E-state index < -0.39 is 0 Å². The van der Waals surface area contributed by atoms with Crippen LogP contribution in [0.4, 0.5) is 0 Å². The molecule has 5 heteroatoms. The van der Waals surface area contributed by atoms with Crippen molar-refractivity contribution in [2.24, 2.45) is 0 Å². The fourth-order valence-electron chi connectivity index (χ4n) is 1.67. The maximum atomic E-state index is 9.05. The van der Waals surface area contributed by atoms with Crippen LogP contribution in [-0.2, 0) is 0 Å². The van der Waals surface area contributed by atoms with E-state index in [2.05, 4.69) is 17.1 Å². The molecule has 0 unspecified atom stereocenters. The van der Waals surface area contributed by atoms with Gasteiger partial charge in [0.05, 0.1) is 23.6 Å². The van der Waals surface area contributed by atoms with Gasteiger partial charge in [0.15, 0.2) is 5.75 Å². The first kappa shape index (κ1) is 11.8. The summed E-state index contributed by atoms with van der Waals surface area (Å²) in [5, 5.41) is 18.0. The fraction of sp³-hybridized carbons (Fsp3) is 0.231. The molecule has 0 aliphatic carbocycles. The summed E-state index contributed by atoms with van der Waals surface area (Å²) in [4.78, 5) is 2.87. The van der Waals surface area contributed by atoms with Gasteiger partial charge in [-0.15, -0.1) is 0 Å². The first-order valence-electron chi connectivity index (χ1n) is 5.51. The normalized spacial score (nSPS) is 10.1. The van der Waals surface area contributed by atoms with Crippen LogP contribution < -0.4 is 4.74 Å². The molecule has 0 radical (unpaired) electrons. The lowest BCUT2D eigenvalue weighted by Crippen LogP contribution is -2.05. The van der Waals surface area contributed by atoms with Gasteiger partial charge >= 0.3 is 0 Å². The number of rotatable bonds is 3.